The Bertz CT molecular complexity index is 361. The molecule has 2 nitrogen and oxygen atoms in total. The fourth-order valence-corrected chi connectivity index (χ4v) is 2.49. The number of hydrogen-bond acceptors (Lipinski definition) is 2. The summed E-state index contributed by atoms with van der Waals surface area (Å²) in [6.45, 7) is 7.59. The van der Waals surface area contributed by atoms with Crippen LogP contribution >= 0.6 is 15.9 Å². The molecule has 0 saturated heterocycles. The largest absolute Gasteiger partial charge is 0.374 e. The van der Waals surface area contributed by atoms with Crippen molar-refractivity contribution in [2.45, 2.75) is 33.2 Å². The molecule has 0 aromatic heterocycles. The number of nitrogens with zero attached hydrogens (tertiary/aromatic N) is 1. The van der Waals surface area contributed by atoms with Crippen LogP contribution in [0.25, 0.3) is 0 Å². The zero-order chi connectivity index (χ0) is 13.0. The van der Waals surface area contributed by atoms with Crippen LogP contribution in [0.1, 0.15) is 26.3 Å². The monoisotopic (exact) mass is 298 g/mol. The minimum absolute atomic E-state index is 0.190. The summed E-state index contributed by atoms with van der Waals surface area (Å²) in [4.78, 5) is 2.31. The summed E-state index contributed by atoms with van der Waals surface area (Å²) in [5.74, 6) is 0.659. The van der Waals surface area contributed by atoms with Crippen LogP contribution in [0.3, 0.4) is 0 Å². The minimum atomic E-state index is 0.190. The summed E-state index contributed by atoms with van der Waals surface area (Å²) >= 11 is 3.53. The Morgan fingerprint density at radius 1 is 1.29 bits per heavy atom. The Kier molecular flexibility index (Phi) is 5.47. The predicted octanol–water partition coefficient (Wildman–Crippen LogP) is 3.43. The van der Waals surface area contributed by atoms with Crippen molar-refractivity contribution < 1.29 is 0 Å². The van der Waals surface area contributed by atoms with E-state index in [2.05, 4.69) is 59.9 Å². The normalized spacial score (nSPS) is 12.9. The lowest BCUT2D eigenvalue weighted by molar-refractivity contribution is 0.635. The predicted molar refractivity (Wildman–Crippen MR) is 79.6 cm³/mol. The van der Waals surface area contributed by atoms with Gasteiger partial charge in [0.1, 0.15) is 0 Å². The van der Waals surface area contributed by atoms with Crippen LogP contribution in [0.5, 0.6) is 0 Å². The molecule has 3 heteroatoms. The van der Waals surface area contributed by atoms with Crippen molar-refractivity contribution in [3.05, 3.63) is 28.2 Å². The van der Waals surface area contributed by atoms with E-state index in [1.807, 2.05) is 6.92 Å². The third-order valence-electron chi connectivity index (χ3n) is 2.63. The van der Waals surface area contributed by atoms with Gasteiger partial charge in [-0.05, 0) is 43.0 Å². The van der Waals surface area contributed by atoms with Gasteiger partial charge in [0.15, 0.2) is 0 Å². The molecular formula is C14H23BrN2. The Balaban J connectivity index is 2.96. The fraction of sp³-hybridized carbons (Fsp3) is 0.571. The van der Waals surface area contributed by atoms with Gasteiger partial charge in [0.2, 0.25) is 0 Å². The molecule has 17 heavy (non-hydrogen) atoms. The SMILES string of the molecule is CC(C)CN(C)c1ccc(Br)cc1CC(C)N. The molecule has 96 valence electrons. The Hall–Kier alpha value is -0.540. The fourth-order valence-electron chi connectivity index (χ4n) is 2.08. The molecule has 0 amide bonds. The molecule has 2 N–H and O–H groups in total. The van der Waals surface area contributed by atoms with E-state index in [4.69, 9.17) is 5.73 Å². The number of nitrogens with two attached hydrogens (primary N) is 1. The summed E-state index contributed by atoms with van der Waals surface area (Å²) in [7, 11) is 2.15. The topological polar surface area (TPSA) is 29.3 Å². The van der Waals surface area contributed by atoms with E-state index < -0.39 is 0 Å². The highest BCUT2D eigenvalue weighted by Gasteiger charge is 2.10. The molecule has 0 saturated carbocycles. The molecule has 0 aliphatic rings. The zero-order valence-electron chi connectivity index (χ0n) is 11.2. The molecule has 1 unspecified atom stereocenters. The van der Waals surface area contributed by atoms with E-state index in [1.165, 1.54) is 11.3 Å². The van der Waals surface area contributed by atoms with E-state index in [-0.39, 0.29) is 6.04 Å². The smallest absolute Gasteiger partial charge is 0.0397 e. The summed E-state index contributed by atoms with van der Waals surface area (Å²) in [5, 5.41) is 0. The van der Waals surface area contributed by atoms with E-state index in [0.717, 1.165) is 17.4 Å². The summed E-state index contributed by atoms with van der Waals surface area (Å²) in [6, 6.07) is 6.63. The van der Waals surface area contributed by atoms with Gasteiger partial charge < -0.3 is 10.6 Å². The van der Waals surface area contributed by atoms with E-state index in [1.54, 1.807) is 0 Å². The second-order valence-corrected chi connectivity index (χ2v) is 6.14. The highest BCUT2D eigenvalue weighted by Crippen LogP contribution is 2.25. The van der Waals surface area contributed by atoms with Crippen molar-refractivity contribution in [3.63, 3.8) is 0 Å². The molecule has 1 rings (SSSR count). The Morgan fingerprint density at radius 3 is 2.47 bits per heavy atom. The number of halogens is 1. The summed E-state index contributed by atoms with van der Waals surface area (Å²) in [6.07, 6.45) is 0.914. The second-order valence-electron chi connectivity index (χ2n) is 5.23. The first-order valence-electron chi connectivity index (χ1n) is 6.15. The molecular weight excluding hydrogens is 276 g/mol. The molecule has 0 spiro atoms. The standard InChI is InChI=1S/C14H23BrN2/c1-10(2)9-17(4)14-6-5-13(15)8-12(14)7-11(3)16/h5-6,8,10-11H,7,9,16H2,1-4H3. The molecule has 0 bridgehead atoms. The number of hydrogen-bond donors (Lipinski definition) is 1. The number of rotatable bonds is 5. The van der Waals surface area contributed by atoms with Crippen LogP contribution in [-0.2, 0) is 6.42 Å². The highest BCUT2D eigenvalue weighted by molar-refractivity contribution is 9.10. The van der Waals surface area contributed by atoms with Crippen molar-refractivity contribution in [3.8, 4) is 0 Å². The van der Waals surface area contributed by atoms with E-state index in [0.29, 0.717) is 5.92 Å². The minimum Gasteiger partial charge on any atom is -0.374 e. The molecule has 0 aliphatic heterocycles. The lowest BCUT2D eigenvalue weighted by atomic mass is 10.0. The van der Waals surface area contributed by atoms with Gasteiger partial charge in [0.25, 0.3) is 0 Å². The van der Waals surface area contributed by atoms with Crippen LogP contribution in [0, 0.1) is 5.92 Å². The van der Waals surface area contributed by atoms with Crippen molar-refractivity contribution in [2.24, 2.45) is 11.7 Å². The van der Waals surface area contributed by atoms with E-state index >= 15 is 0 Å². The van der Waals surface area contributed by atoms with Gasteiger partial charge in [-0.15, -0.1) is 0 Å². The van der Waals surface area contributed by atoms with Crippen LogP contribution in [0.15, 0.2) is 22.7 Å². The number of anilines is 1. The van der Waals surface area contributed by atoms with Gasteiger partial charge >= 0.3 is 0 Å². The van der Waals surface area contributed by atoms with Crippen LogP contribution in [0.2, 0.25) is 0 Å². The average molecular weight is 299 g/mol. The average Bonchev–Trinajstić information content (AvgIpc) is 2.15. The number of benzene rings is 1. The maximum Gasteiger partial charge on any atom is 0.0397 e. The summed E-state index contributed by atoms with van der Waals surface area (Å²) in [5.41, 5.74) is 8.52. The van der Waals surface area contributed by atoms with Crippen molar-refractivity contribution >= 4 is 21.6 Å². The Labute approximate surface area is 113 Å². The van der Waals surface area contributed by atoms with Gasteiger partial charge in [0, 0.05) is 29.8 Å². The highest BCUT2D eigenvalue weighted by atomic mass is 79.9. The van der Waals surface area contributed by atoms with Gasteiger partial charge in [-0.3, -0.25) is 0 Å². The van der Waals surface area contributed by atoms with Crippen molar-refractivity contribution in [2.75, 3.05) is 18.5 Å². The molecule has 0 radical (unpaired) electrons. The van der Waals surface area contributed by atoms with E-state index in [9.17, 15) is 0 Å². The van der Waals surface area contributed by atoms with Crippen LogP contribution in [0.4, 0.5) is 5.69 Å². The van der Waals surface area contributed by atoms with Gasteiger partial charge in [-0.1, -0.05) is 29.8 Å². The van der Waals surface area contributed by atoms with Gasteiger partial charge in [0.05, 0.1) is 0 Å². The third kappa shape index (κ3) is 4.68. The van der Waals surface area contributed by atoms with Crippen LogP contribution in [-0.4, -0.2) is 19.6 Å². The van der Waals surface area contributed by atoms with Crippen molar-refractivity contribution in [1.82, 2.24) is 0 Å². The molecule has 1 atom stereocenters. The van der Waals surface area contributed by atoms with Crippen LogP contribution < -0.4 is 10.6 Å². The van der Waals surface area contributed by atoms with Gasteiger partial charge in [-0.2, -0.15) is 0 Å². The summed E-state index contributed by atoms with van der Waals surface area (Å²) < 4.78 is 1.12. The zero-order valence-corrected chi connectivity index (χ0v) is 12.8. The molecule has 0 fully saturated rings. The van der Waals surface area contributed by atoms with Gasteiger partial charge in [-0.25, -0.2) is 0 Å². The lowest BCUT2D eigenvalue weighted by Gasteiger charge is -2.25. The second kappa shape index (κ2) is 6.41. The molecule has 1 aromatic rings. The Morgan fingerprint density at radius 2 is 1.94 bits per heavy atom. The molecule has 0 aliphatic carbocycles. The van der Waals surface area contributed by atoms with Crippen molar-refractivity contribution in [1.29, 1.82) is 0 Å². The molecule has 0 heterocycles. The lowest BCUT2D eigenvalue weighted by Crippen LogP contribution is -2.25. The third-order valence-corrected chi connectivity index (χ3v) is 3.13. The first kappa shape index (κ1) is 14.5. The quantitative estimate of drug-likeness (QED) is 0.902. The first-order chi connectivity index (χ1) is 7.90. The first-order valence-corrected chi connectivity index (χ1v) is 6.94. The molecule has 1 aromatic carbocycles. The maximum absolute atomic E-state index is 5.91. The maximum atomic E-state index is 5.91.